The highest BCUT2D eigenvalue weighted by Crippen LogP contribution is 2.09. The van der Waals surface area contributed by atoms with Crippen molar-refractivity contribution < 1.29 is 19.2 Å². The van der Waals surface area contributed by atoms with E-state index in [1.165, 1.54) is 14.0 Å². The van der Waals surface area contributed by atoms with Crippen LogP contribution >= 0.6 is 0 Å². The van der Waals surface area contributed by atoms with Gasteiger partial charge in [-0.3, -0.25) is 19.2 Å². The molecule has 0 saturated heterocycles. The lowest BCUT2D eigenvalue weighted by Crippen LogP contribution is -2.45. The molecular weight excluding hydrogens is 373 g/mol. The van der Waals surface area contributed by atoms with Crippen molar-refractivity contribution in [3.8, 4) is 0 Å². The fraction of sp³-hybridized carbons (Fsp3) is 0.474. The average Bonchev–Trinajstić information content (AvgIpc) is 2.70. The Kier molecular flexibility index (Phi) is 10.9. The van der Waals surface area contributed by atoms with Gasteiger partial charge in [0.2, 0.25) is 31.0 Å². The topological polar surface area (TPSA) is 128 Å². The van der Waals surface area contributed by atoms with Crippen LogP contribution in [0.3, 0.4) is 0 Å². The summed E-state index contributed by atoms with van der Waals surface area (Å²) in [4.78, 5) is 46.5. The SMILES string of the molecule is CBNC(=O)c1ccc(NCCNC(=O)CCC[C@H](NC(C)=O)C(=O)NC)cc1. The molecule has 29 heavy (non-hydrogen) atoms. The summed E-state index contributed by atoms with van der Waals surface area (Å²) in [6, 6.07) is 6.48. The first-order valence-electron chi connectivity index (χ1n) is 9.74. The van der Waals surface area contributed by atoms with Crippen LogP contribution < -0.4 is 26.5 Å². The van der Waals surface area contributed by atoms with E-state index in [-0.39, 0.29) is 30.0 Å². The van der Waals surface area contributed by atoms with Crippen LogP contribution in [0.2, 0.25) is 6.82 Å². The Morgan fingerprint density at radius 3 is 2.34 bits per heavy atom. The average molecular weight is 403 g/mol. The maximum absolute atomic E-state index is 11.9. The molecule has 0 saturated carbocycles. The van der Waals surface area contributed by atoms with Crippen molar-refractivity contribution in [2.45, 2.75) is 39.1 Å². The molecule has 1 aromatic rings. The van der Waals surface area contributed by atoms with Gasteiger partial charge in [0.1, 0.15) is 6.04 Å². The first kappa shape index (κ1) is 24.0. The predicted molar refractivity (Wildman–Crippen MR) is 114 cm³/mol. The first-order chi connectivity index (χ1) is 13.9. The van der Waals surface area contributed by atoms with E-state index in [0.717, 1.165) is 5.69 Å². The first-order valence-corrected chi connectivity index (χ1v) is 9.74. The zero-order valence-electron chi connectivity index (χ0n) is 17.3. The van der Waals surface area contributed by atoms with Crippen molar-refractivity contribution in [1.82, 2.24) is 21.2 Å². The van der Waals surface area contributed by atoms with E-state index < -0.39 is 6.04 Å². The molecule has 0 aliphatic rings. The van der Waals surface area contributed by atoms with Crippen LogP contribution in [0.15, 0.2) is 24.3 Å². The second-order valence-corrected chi connectivity index (χ2v) is 6.47. The number of nitrogens with one attached hydrogen (secondary N) is 5. The number of hydrogen-bond donors (Lipinski definition) is 5. The molecule has 10 heteroatoms. The van der Waals surface area contributed by atoms with Gasteiger partial charge in [-0.2, -0.15) is 0 Å². The Morgan fingerprint density at radius 2 is 1.76 bits per heavy atom. The van der Waals surface area contributed by atoms with Crippen LogP contribution in [0.5, 0.6) is 0 Å². The summed E-state index contributed by atoms with van der Waals surface area (Å²) >= 11 is 0. The largest absolute Gasteiger partial charge is 0.399 e. The normalized spacial score (nSPS) is 11.0. The molecule has 1 atom stereocenters. The van der Waals surface area contributed by atoms with Crippen molar-refractivity contribution in [1.29, 1.82) is 0 Å². The third-order valence-corrected chi connectivity index (χ3v) is 4.10. The lowest BCUT2D eigenvalue weighted by Gasteiger charge is -2.16. The summed E-state index contributed by atoms with van der Waals surface area (Å²) in [5.41, 5.74) is 1.45. The maximum atomic E-state index is 11.9. The highest BCUT2D eigenvalue weighted by Gasteiger charge is 2.18. The zero-order chi connectivity index (χ0) is 21.6. The molecule has 0 heterocycles. The standard InChI is InChI=1S/C19H30BN5O4/c1-13(26)24-16(19(29)21-3)5-4-6-17(27)23-12-11-22-15-9-7-14(8-10-15)18(28)25-20-2/h7-10,16,20,22H,4-6,11-12H2,1-3H3,(H,21,29)(H,23,27)(H,24,26)(H,25,28)/t16-/m0/s1. The van der Waals surface area contributed by atoms with E-state index in [1.807, 2.05) is 19.0 Å². The summed E-state index contributed by atoms with van der Waals surface area (Å²) in [6.45, 7) is 4.20. The number of benzene rings is 1. The smallest absolute Gasteiger partial charge is 0.242 e. The maximum Gasteiger partial charge on any atom is 0.242 e. The van der Waals surface area contributed by atoms with Crippen molar-refractivity contribution >= 4 is 36.7 Å². The van der Waals surface area contributed by atoms with Crippen LogP contribution in [0.4, 0.5) is 5.69 Å². The molecule has 0 unspecified atom stereocenters. The Bertz CT molecular complexity index is 696. The second-order valence-electron chi connectivity index (χ2n) is 6.47. The molecule has 1 aromatic carbocycles. The summed E-state index contributed by atoms with van der Waals surface area (Å²) in [7, 11) is 2.09. The second kappa shape index (κ2) is 13.2. The van der Waals surface area contributed by atoms with Crippen LogP contribution in [-0.4, -0.2) is 57.2 Å². The minimum atomic E-state index is -0.630. The van der Waals surface area contributed by atoms with Crippen LogP contribution in [0.1, 0.15) is 36.5 Å². The molecule has 158 valence electrons. The quantitative estimate of drug-likeness (QED) is 0.243. The molecule has 4 amide bonds. The fourth-order valence-corrected chi connectivity index (χ4v) is 2.65. The van der Waals surface area contributed by atoms with E-state index in [2.05, 4.69) is 26.5 Å². The molecule has 1 rings (SSSR count). The van der Waals surface area contributed by atoms with Crippen molar-refractivity contribution in [3.63, 3.8) is 0 Å². The Balaban J connectivity index is 2.25. The molecular formula is C19H30BN5O4. The molecule has 9 nitrogen and oxygen atoms in total. The Labute approximate surface area is 172 Å². The molecule has 0 fully saturated rings. The molecule has 0 spiro atoms. The van der Waals surface area contributed by atoms with Gasteiger partial charge >= 0.3 is 0 Å². The van der Waals surface area contributed by atoms with Gasteiger partial charge in [0.05, 0.1) is 0 Å². The van der Waals surface area contributed by atoms with Gasteiger partial charge in [0, 0.05) is 44.7 Å². The van der Waals surface area contributed by atoms with Gasteiger partial charge < -0.3 is 26.5 Å². The number of anilines is 1. The van der Waals surface area contributed by atoms with Gasteiger partial charge in [-0.25, -0.2) is 0 Å². The third kappa shape index (κ3) is 9.64. The summed E-state index contributed by atoms with van der Waals surface area (Å²) < 4.78 is 0. The van der Waals surface area contributed by atoms with Gasteiger partial charge in [-0.05, 0) is 37.1 Å². The number of amides is 4. The lowest BCUT2D eigenvalue weighted by atomic mass is 9.99. The monoisotopic (exact) mass is 403 g/mol. The molecule has 0 bridgehead atoms. The summed E-state index contributed by atoms with van der Waals surface area (Å²) in [5.74, 6) is -0.781. The summed E-state index contributed by atoms with van der Waals surface area (Å²) in [5, 5.41) is 13.8. The van der Waals surface area contributed by atoms with Gasteiger partial charge in [-0.15, -0.1) is 0 Å². The van der Waals surface area contributed by atoms with Gasteiger partial charge in [-0.1, -0.05) is 6.82 Å². The van der Waals surface area contributed by atoms with Crippen LogP contribution in [-0.2, 0) is 14.4 Å². The highest BCUT2D eigenvalue weighted by molar-refractivity contribution is 6.36. The fourth-order valence-electron chi connectivity index (χ4n) is 2.65. The van der Waals surface area contributed by atoms with E-state index in [9.17, 15) is 19.2 Å². The van der Waals surface area contributed by atoms with Crippen LogP contribution in [0.25, 0.3) is 0 Å². The minimum Gasteiger partial charge on any atom is -0.399 e. The Hall–Kier alpha value is -3.04. The lowest BCUT2D eigenvalue weighted by molar-refractivity contribution is -0.128. The van der Waals surface area contributed by atoms with E-state index in [4.69, 9.17) is 0 Å². The Morgan fingerprint density at radius 1 is 1.07 bits per heavy atom. The van der Waals surface area contributed by atoms with Gasteiger partial charge in [0.15, 0.2) is 0 Å². The summed E-state index contributed by atoms with van der Waals surface area (Å²) in [6.07, 6.45) is 1.15. The minimum absolute atomic E-state index is 0.108. The van der Waals surface area contributed by atoms with Crippen LogP contribution in [0, 0.1) is 0 Å². The molecule has 0 radical (unpaired) electrons. The molecule has 0 aromatic heterocycles. The molecule has 0 aliphatic heterocycles. The van der Waals surface area contributed by atoms with E-state index >= 15 is 0 Å². The number of carbonyl (C=O) groups is 4. The van der Waals surface area contributed by atoms with Crippen molar-refractivity contribution in [3.05, 3.63) is 29.8 Å². The van der Waals surface area contributed by atoms with Gasteiger partial charge in [0.25, 0.3) is 0 Å². The number of rotatable bonds is 12. The van der Waals surface area contributed by atoms with E-state index in [1.54, 1.807) is 12.1 Å². The number of hydrogen-bond acceptors (Lipinski definition) is 5. The van der Waals surface area contributed by atoms with Crippen molar-refractivity contribution in [2.75, 3.05) is 25.5 Å². The van der Waals surface area contributed by atoms with E-state index in [0.29, 0.717) is 38.9 Å². The zero-order valence-corrected chi connectivity index (χ0v) is 17.3. The molecule has 0 aliphatic carbocycles. The molecule has 5 N–H and O–H groups in total. The van der Waals surface area contributed by atoms with Crippen molar-refractivity contribution in [2.24, 2.45) is 0 Å². The highest BCUT2D eigenvalue weighted by atomic mass is 16.2. The number of likely N-dealkylation sites (N-methyl/N-ethyl adjacent to an activating group) is 1. The predicted octanol–water partition coefficient (Wildman–Crippen LogP) is -0.235. The third-order valence-electron chi connectivity index (χ3n) is 4.10. The number of carbonyl (C=O) groups excluding carboxylic acids is 4.